The molecule has 0 heterocycles. The van der Waals surface area contributed by atoms with Gasteiger partial charge >= 0.3 is 0 Å². The predicted molar refractivity (Wildman–Crippen MR) is 79.8 cm³/mol. The summed E-state index contributed by atoms with van der Waals surface area (Å²) < 4.78 is 0. The molecule has 1 atom stereocenters. The van der Waals surface area contributed by atoms with Gasteiger partial charge < -0.3 is 10.7 Å². The maximum absolute atomic E-state index is 12.4. The fourth-order valence-electron chi connectivity index (χ4n) is 2.86. The molecule has 1 saturated carbocycles. The van der Waals surface area contributed by atoms with Crippen molar-refractivity contribution in [2.45, 2.75) is 39.2 Å². The lowest BCUT2D eigenvalue weighted by Crippen LogP contribution is -2.41. The van der Waals surface area contributed by atoms with Crippen LogP contribution in [0.4, 0.5) is 11.4 Å². The van der Waals surface area contributed by atoms with Crippen LogP contribution in [0.2, 0.25) is 0 Å². The molecule has 0 spiro atoms. The van der Waals surface area contributed by atoms with E-state index in [0.717, 1.165) is 19.3 Å². The maximum Gasteiger partial charge on any atom is 0.294 e. The van der Waals surface area contributed by atoms with Crippen molar-refractivity contribution in [3.63, 3.8) is 0 Å². The fourth-order valence-corrected chi connectivity index (χ4v) is 2.86. The monoisotopic (exact) mass is 292 g/mol. The van der Waals surface area contributed by atoms with Gasteiger partial charge in [-0.15, -0.1) is 0 Å². The van der Waals surface area contributed by atoms with Gasteiger partial charge in [0.05, 0.1) is 10.5 Å². The second-order valence-corrected chi connectivity index (χ2v) is 6.01. The van der Waals surface area contributed by atoms with Gasteiger partial charge in [0.2, 0.25) is 0 Å². The van der Waals surface area contributed by atoms with Crippen LogP contribution in [0.3, 0.4) is 0 Å². The van der Waals surface area contributed by atoms with Crippen LogP contribution in [0.1, 0.15) is 43.5 Å². The molecule has 1 aromatic carbocycles. The first-order valence-corrected chi connectivity index (χ1v) is 6.91. The van der Waals surface area contributed by atoms with Crippen molar-refractivity contribution in [2.75, 3.05) is 5.43 Å². The van der Waals surface area contributed by atoms with Crippen molar-refractivity contribution < 1.29 is 9.72 Å². The lowest BCUT2D eigenvalue weighted by Gasteiger charge is -2.28. The Bertz CT molecular complexity index is 571. The van der Waals surface area contributed by atoms with E-state index in [1.807, 2.05) is 0 Å². The van der Waals surface area contributed by atoms with Crippen molar-refractivity contribution >= 4 is 17.3 Å². The molecule has 1 aliphatic rings. The molecule has 1 fully saturated rings. The molecule has 1 aromatic rings. The number of hydrogen-bond donors (Lipinski definition) is 3. The minimum atomic E-state index is -0.564. The number of nitro benzene ring substituents is 1. The molecular weight excluding hydrogens is 272 g/mol. The Kier molecular flexibility index (Phi) is 4.13. The van der Waals surface area contributed by atoms with Crippen LogP contribution in [-0.4, -0.2) is 16.9 Å². The average Bonchev–Trinajstić information content (AvgIpc) is 2.76. The fraction of sp³-hybridized carbons (Fsp3) is 0.500. The van der Waals surface area contributed by atoms with E-state index in [9.17, 15) is 14.9 Å². The predicted octanol–water partition coefficient (Wildman–Crippen LogP) is 2.19. The number of carbonyl (C=O) groups is 1. The number of nitrogens with one attached hydrogen (secondary N) is 2. The highest BCUT2D eigenvalue weighted by Crippen LogP contribution is 2.37. The molecule has 0 bridgehead atoms. The third-order valence-corrected chi connectivity index (χ3v) is 4.19. The standard InChI is InChI=1S/C14H20N4O3/c1-14(2)8-4-7-11(14)16-13(19)9-5-3-6-10(18(20)21)12(9)17-15/h3,5-6,11,17H,4,7-8,15H2,1-2H3,(H,16,19). The van der Waals surface area contributed by atoms with E-state index in [1.165, 1.54) is 18.2 Å². The molecule has 2 rings (SSSR count). The van der Waals surface area contributed by atoms with Crippen LogP contribution in [0.25, 0.3) is 0 Å². The summed E-state index contributed by atoms with van der Waals surface area (Å²) in [7, 11) is 0. The zero-order valence-electron chi connectivity index (χ0n) is 12.2. The van der Waals surface area contributed by atoms with E-state index in [4.69, 9.17) is 5.84 Å². The number of hydrazine groups is 1. The molecule has 1 aliphatic carbocycles. The highest BCUT2D eigenvalue weighted by molar-refractivity contribution is 6.01. The van der Waals surface area contributed by atoms with Gasteiger partial charge in [-0.05, 0) is 24.3 Å². The van der Waals surface area contributed by atoms with Gasteiger partial charge in [-0.1, -0.05) is 26.3 Å². The molecule has 4 N–H and O–H groups in total. The van der Waals surface area contributed by atoms with E-state index in [-0.39, 0.29) is 34.3 Å². The van der Waals surface area contributed by atoms with Crippen molar-refractivity contribution in [1.29, 1.82) is 0 Å². The number of benzene rings is 1. The molecule has 1 unspecified atom stereocenters. The number of hydrogen-bond acceptors (Lipinski definition) is 5. The highest BCUT2D eigenvalue weighted by Gasteiger charge is 2.36. The number of rotatable bonds is 4. The van der Waals surface area contributed by atoms with Crippen molar-refractivity contribution in [1.82, 2.24) is 5.32 Å². The second kappa shape index (κ2) is 5.69. The van der Waals surface area contributed by atoms with Crippen LogP contribution in [0, 0.1) is 15.5 Å². The minimum Gasteiger partial charge on any atom is -0.349 e. The molecule has 114 valence electrons. The second-order valence-electron chi connectivity index (χ2n) is 6.01. The SMILES string of the molecule is CC1(C)CCCC1NC(=O)c1cccc([N+](=O)[O-])c1NN. The summed E-state index contributed by atoms with van der Waals surface area (Å²) >= 11 is 0. The van der Waals surface area contributed by atoms with E-state index >= 15 is 0 Å². The average molecular weight is 292 g/mol. The van der Waals surface area contributed by atoms with Gasteiger partial charge in [-0.2, -0.15) is 0 Å². The molecular formula is C14H20N4O3. The van der Waals surface area contributed by atoms with E-state index in [1.54, 1.807) is 0 Å². The summed E-state index contributed by atoms with van der Waals surface area (Å²) in [5, 5.41) is 14.0. The third kappa shape index (κ3) is 2.97. The van der Waals surface area contributed by atoms with Gasteiger partial charge in [0.1, 0.15) is 5.69 Å². The number of amides is 1. The first kappa shape index (κ1) is 15.2. The summed E-state index contributed by atoms with van der Waals surface area (Å²) in [6.07, 6.45) is 3.03. The maximum atomic E-state index is 12.4. The van der Waals surface area contributed by atoms with E-state index in [0.29, 0.717) is 0 Å². The van der Waals surface area contributed by atoms with Crippen molar-refractivity contribution in [2.24, 2.45) is 11.3 Å². The van der Waals surface area contributed by atoms with Crippen LogP contribution in [0.15, 0.2) is 18.2 Å². The number of anilines is 1. The number of nitrogens with two attached hydrogens (primary N) is 1. The molecule has 7 heteroatoms. The van der Waals surface area contributed by atoms with Crippen LogP contribution in [0.5, 0.6) is 0 Å². The largest absolute Gasteiger partial charge is 0.349 e. The Morgan fingerprint density at radius 1 is 1.48 bits per heavy atom. The first-order valence-electron chi connectivity index (χ1n) is 6.91. The number of para-hydroxylation sites is 1. The molecule has 0 aliphatic heterocycles. The summed E-state index contributed by atoms with van der Waals surface area (Å²) in [6, 6.07) is 4.38. The first-order chi connectivity index (χ1) is 9.86. The molecule has 1 amide bonds. The number of nitrogen functional groups attached to an aromatic ring is 1. The highest BCUT2D eigenvalue weighted by atomic mass is 16.6. The van der Waals surface area contributed by atoms with Crippen LogP contribution < -0.4 is 16.6 Å². The van der Waals surface area contributed by atoms with Gasteiger partial charge in [-0.25, -0.2) is 0 Å². The number of carbonyl (C=O) groups excluding carboxylic acids is 1. The lowest BCUT2D eigenvalue weighted by atomic mass is 9.87. The van der Waals surface area contributed by atoms with Gasteiger partial charge in [0.25, 0.3) is 11.6 Å². The minimum absolute atomic E-state index is 0.0344. The Hall–Kier alpha value is -2.15. The Morgan fingerprint density at radius 3 is 2.71 bits per heavy atom. The van der Waals surface area contributed by atoms with E-state index in [2.05, 4.69) is 24.6 Å². The van der Waals surface area contributed by atoms with Gasteiger partial charge in [0.15, 0.2) is 0 Å². The van der Waals surface area contributed by atoms with Crippen molar-refractivity contribution in [3.05, 3.63) is 33.9 Å². The van der Waals surface area contributed by atoms with Crippen molar-refractivity contribution in [3.8, 4) is 0 Å². The number of nitro groups is 1. The molecule has 0 radical (unpaired) electrons. The summed E-state index contributed by atoms with van der Waals surface area (Å²) in [4.78, 5) is 22.8. The summed E-state index contributed by atoms with van der Waals surface area (Å²) in [6.45, 7) is 4.22. The molecule has 0 saturated heterocycles. The molecule has 7 nitrogen and oxygen atoms in total. The molecule has 21 heavy (non-hydrogen) atoms. The summed E-state index contributed by atoms with van der Waals surface area (Å²) in [5.74, 6) is 5.01. The topological polar surface area (TPSA) is 110 Å². The zero-order chi connectivity index (χ0) is 15.6. The number of nitrogens with zero attached hydrogens (tertiary/aromatic N) is 1. The quantitative estimate of drug-likeness (QED) is 0.447. The Balaban J connectivity index is 2.27. The van der Waals surface area contributed by atoms with Crippen LogP contribution >= 0.6 is 0 Å². The lowest BCUT2D eigenvalue weighted by molar-refractivity contribution is -0.384. The normalized spacial score (nSPS) is 20.0. The van der Waals surface area contributed by atoms with Crippen LogP contribution in [-0.2, 0) is 0 Å². The van der Waals surface area contributed by atoms with E-state index < -0.39 is 4.92 Å². The summed E-state index contributed by atoms with van der Waals surface area (Å²) in [5.41, 5.74) is 2.32. The van der Waals surface area contributed by atoms with Gasteiger partial charge in [-0.3, -0.25) is 20.8 Å². The van der Waals surface area contributed by atoms with Gasteiger partial charge in [0, 0.05) is 12.1 Å². The Morgan fingerprint density at radius 2 is 2.19 bits per heavy atom. The molecule has 0 aromatic heterocycles. The zero-order valence-corrected chi connectivity index (χ0v) is 12.2. The Labute approximate surface area is 123 Å². The third-order valence-electron chi connectivity index (χ3n) is 4.19. The smallest absolute Gasteiger partial charge is 0.294 e.